The monoisotopic (exact) mass is 113 g/mol. The van der Waals surface area contributed by atoms with Gasteiger partial charge in [0.15, 0.2) is 0 Å². The highest BCUT2D eigenvalue weighted by Gasteiger charge is 2.06. The minimum Gasteiger partial charge on any atom is -0.481 e. The van der Waals surface area contributed by atoms with Crippen LogP contribution in [0, 0.1) is 6.08 Å². The molecule has 1 rings (SSSR count). The van der Waals surface area contributed by atoms with Gasteiger partial charge in [0, 0.05) is 19.7 Å². The van der Waals surface area contributed by atoms with Crippen LogP contribution in [0.15, 0.2) is 5.88 Å². The van der Waals surface area contributed by atoms with E-state index < -0.39 is 0 Å². The Kier molecular flexibility index (Phi) is 1.39. The molecule has 1 N–H and O–H groups in total. The molecule has 3 heteroatoms. The fourth-order valence-corrected chi connectivity index (χ4v) is 0.561. The van der Waals surface area contributed by atoms with Gasteiger partial charge in [-0.3, -0.25) is 5.43 Å². The van der Waals surface area contributed by atoms with Gasteiger partial charge in [-0.1, -0.05) is 0 Å². The SMILES string of the molecule is COC1=[C]CN(C)N1. The number of ether oxygens (including phenoxy) is 1. The molecule has 0 atom stereocenters. The van der Waals surface area contributed by atoms with Crippen molar-refractivity contribution in [1.82, 2.24) is 10.4 Å². The van der Waals surface area contributed by atoms with Crippen LogP contribution in [0.5, 0.6) is 0 Å². The summed E-state index contributed by atoms with van der Waals surface area (Å²) < 4.78 is 4.83. The van der Waals surface area contributed by atoms with Crippen molar-refractivity contribution in [2.45, 2.75) is 0 Å². The van der Waals surface area contributed by atoms with Crippen LogP contribution in [0.2, 0.25) is 0 Å². The fraction of sp³-hybridized carbons (Fsp3) is 0.600. The van der Waals surface area contributed by atoms with Gasteiger partial charge in [-0.2, -0.15) is 0 Å². The van der Waals surface area contributed by atoms with Crippen molar-refractivity contribution in [3.63, 3.8) is 0 Å². The highest BCUT2D eigenvalue weighted by molar-refractivity contribution is 4.89. The maximum atomic E-state index is 4.83. The van der Waals surface area contributed by atoms with Gasteiger partial charge in [0.1, 0.15) is 0 Å². The number of hydrogen-bond donors (Lipinski definition) is 1. The molecule has 0 bridgehead atoms. The summed E-state index contributed by atoms with van der Waals surface area (Å²) in [7, 11) is 3.55. The second kappa shape index (κ2) is 2.05. The lowest BCUT2D eigenvalue weighted by atomic mass is 10.6. The van der Waals surface area contributed by atoms with Gasteiger partial charge in [0.25, 0.3) is 0 Å². The number of nitrogens with zero attached hydrogens (tertiary/aromatic N) is 1. The molecule has 0 saturated carbocycles. The molecule has 3 nitrogen and oxygen atoms in total. The van der Waals surface area contributed by atoms with Crippen LogP contribution in [-0.4, -0.2) is 25.7 Å². The summed E-state index contributed by atoms with van der Waals surface area (Å²) in [5.41, 5.74) is 2.92. The van der Waals surface area contributed by atoms with Crippen molar-refractivity contribution in [2.75, 3.05) is 20.7 Å². The minimum absolute atomic E-state index is 0.715. The Morgan fingerprint density at radius 2 is 2.62 bits per heavy atom. The first kappa shape index (κ1) is 5.44. The molecule has 0 aromatic carbocycles. The van der Waals surface area contributed by atoms with Crippen molar-refractivity contribution in [3.8, 4) is 0 Å². The summed E-state index contributed by atoms with van der Waals surface area (Å²) in [6.07, 6.45) is 2.97. The highest BCUT2D eigenvalue weighted by Crippen LogP contribution is 1.96. The average molecular weight is 113 g/mol. The summed E-state index contributed by atoms with van der Waals surface area (Å²) in [6, 6.07) is 0. The van der Waals surface area contributed by atoms with Crippen molar-refractivity contribution in [2.24, 2.45) is 0 Å². The van der Waals surface area contributed by atoms with E-state index in [2.05, 4.69) is 11.5 Å². The summed E-state index contributed by atoms with van der Waals surface area (Å²) >= 11 is 0. The van der Waals surface area contributed by atoms with E-state index in [1.165, 1.54) is 0 Å². The number of methoxy groups -OCH3 is 1. The van der Waals surface area contributed by atoms with E-state index in [0.717, 1.165) is 6.54 Å². The predicted octanol–water partition coefficient (Wildman–Crippen LogP) is -0.273. The number of hydrazine groups is 1. The molecule has 1 aliphatic heterocycles. The molecule has 1 radical (unpaired) electrons. The summed E-state index contributed by atoms with van der Waals surface area (Å²) in [5.74, 6) is 0.715. The Morgan fingerprint density at radius 3 is 2.88 bits per heavy atom. The molecule has 0 saturated heterocycles. The smallest absolute Gasteiger partial charge is 0.206 e. The Bertz CT molecular complexity index is 111. The van der Waals surface area contributed by atoms with Gasteiger partial charge in [-0.05, 0) is 0 Å². The molecule has 0 aliphatic carbocycles. The molecule has 1 heterocycles. The zero-order valence-electron chi connectivity index (χ0n) is 5.06. The molecule has 0 amide bonds. The van der Waals surface area contributed by atoms with Gasteiger partial charge in [0.2, 0.25) is 5.88 Å². The Labute approximate surface area is 48.9 Å². The molecular formula is C5H9N2O. The second-order valence-corrected chi connectivity index (χ2v) is 1.68. The van der Waals surface area contributed by atoms with Crippen LogP contribution in [0.4, 0.5) is 0 Å². The first-order chi connectivity index (χ1) is 3.83. The summed E-state index contributed by atoms with van der Waals surface area (Å²) in [6.45, 7) is 0.795. The predicted molar refractivity (Wildman–Crippen MR) is 29.5 cm³/mol. The second-order valence-electron chi connectivity index (χ2n) is 1.68. The van der Waals surface area contributed by atoms with Gasteiger partial charge in [-0.25, -0.2) is 5.01 Å². The van der Waals surface area contributed by atoms with Crippen molar-refractivity contribution < 1.29 is 4.74 Å². The van der Waals surface area contributed by atoms with Gasteiger partial charge in [0.05, 0.1) is 7.11 Å². The zero-order chi connectivity index (χ0) is 5.98. The van der Waals surface area contributed by atoms with E-state index in [0.29, 0.717) is 5.88 Å². The maximum absolute atomic E-state index is 4.83. The minimum atomic E-state index is 0.715. The number of hydrogen-bond acceptors (Lipinski definition) is 3. The molecule has 0 aromatic rings. The van der Waals surface area contributed by atoms with Crippen molar-refractivity contribution >= 4 is 0 Å². The number of rotatable bonds is 1. The van der Waals surface area contributed by atoms with E-state index in [9.17, 15) is 0 Å². The van der Waals surface area contributed by atoms with Crippen LogP contribution in [0.25, 0.3) is 0 Å². The lowest BCUT2D eigenvalue weighted by Crippen LogP contribution is -2.27. The Morgan fingerprint density at radius 1 is 1.88 bits per heavy atom. The largest absolute Gasteiger partial charge is 0.481 e. The third-order valence-electron chi connectivity index (χ3n) is 0.973. The summed E-state index contributed by atoms with van der Waals surface area (Å²) in [5, 5.41) is 1.89. The van der Waals surface area contributed by atoms with Gasteiger partial charge in [-0.15, -0.1) is 0 Å². The highest BCUT2D eigenvalue weighted by atomic mass is 16.5. The van der Waals surface area contributed by atoms with E-state index in [1.54, 1.807) is 7.11 Å². The Hall–Kier alpha value is -0.700. The third-order valence-corrected chi connectivity index (χ3v) is 0.973. The number of nitrogens with one attached hydrogen (secondary N) is 1. The van der Waals surface area contributed by atoms with Crippen LogP contribution in [-0.2, 0) is 4.74 Å². The lowest BCUT2D eigenvalue weighted by Gasteiger charge is -2.08. The average Bonchev–Trinajstić information content (AvgIpc) is 2.14. The normalized spacial score (nSPS) is 20.0. The molecule has 0 fully saturated rings. The topological polar surface area (TPSA) is 24.5 Å². The van der Waals surface area contributed by atoms with Gasteiger partial charge >= 0.3 is 0 Å². The van der Waals surface area contributed by atoms with E-state index in [-0.39, 0.29) is 0 Å². The third kappa shape index (κ3) is 0.924. The van der Waals surface area contributed by atoms with Crippen molar-refractivity contribution in [1.29, 1.82) is 0 Å². The van der Waals surface area contributed by atoms with Crippen molar-refractivity contribution in [3.05, 3.63) is 12.0 Å². The quantitative estimate of drug-likeness (QED) is 0.506. The molecule has 0 unspecified atom stereocenters. The van der Waals surface area contributed by atoms with Crippen LogP contribution in [0.1, 0.15) is 0 Å². The van der Waals surface area contributed by atoms with Gasteiger partial charge < -0.3 is 4.74 Å². The molecule has 0 aromatic heterocycles. The van der Waals surface area contributed by atoms with Crippen LogP contribution in [0.3, 0.4) is 0 Å². The Balaban J connectivity index is 2.37. The van der Waals surface area contributed by atoms with E-state index in [1.807, 2.05) is 12.1 Å². The zero-order valence-corrected chi connectivity index (χ0v) is 5.06. The van der Waals surface area contributed by atoms with E-state index in [4.69, 9.17) is 4.74 Å². The molecule has 45 valence electrons. The molecular weight excluding hydrogens is 104 g/mol. The van der Waals surface area contributed by atoms with Crippen LogP contribution < -0.4 is 5.43 Å². The first-order valence-corrected chi connectivity index (χ1v) is 2.45. The fourth-order valence-electron chi connectivity index (χ4n) is 0.561. The maximum Gasteiger partial charge on any atom is 0.206 e. The van der Waals surface area contributed by atoms with Crippen LogP contribution >= 0.6 is 0 Å². The summed E-state index contributed by atoms with van der Waals surface area (Å²) in [4.78, 5) is 0. The van der Waals surface area contributed by atoms with E-state index >= 15 is 0 Å². The molecule has 8 heavy (non-hydrogen) atoms. The lowest BCUT2D eigenvalue weighted by molar-refractivity contribution is 0.204. The molecule has 1 aliphatic rings. The standard InChI is InChI=1S/C5H9N2O/c1-7-4-3-5(6-7)8-2/h6H,4H2,1-2H3. The first-order valence-electron chi connectivity index (χ1n) is 2.45. The molecule has 0 spiro atoms. The number of likely N-dealkylation sites (N-methyl/N-ethyl adjacent to an activating group) is 1.